The summed E-state index contributed by atoms with van der Waals surface area (Å²) in [5.41, 5.74) is 3.06. The van der Waals surface area contributed by atoms with Crippen LogP contribution in [0.1, 0.15) is 28.7 Å². The van der Waals surface area contributed by atoms with Crippen molar-refractivity contribution in [2.75, 3.05) is 0 Å². The minimum absolute atomic E-state index is 0.136. The molecule has 108 valence electrons. The number of aromatic nitrogens is 4. The summed E-state index contributed by atoms with van der Waals surface area (Å²) in [4.78, 5) is 15.7. The third-order valence-corrected chi connectivity index (χ3v) is 3.46. The first-order chi connectivity index (χ1) is 10.0. The maximum Gasteiger partial charge on any atom is 0.336 e. The second-order valence-electron chi connectivity index (χ2n) is 4.79. The Hall–Kier alpha value is -2.70. The fraction of sp³-hybridized carbons (Fsp3) is 0.286. The van der Waals surface area contributed by atoms with Gasteiger partial charge in [-0.25, -0.2) is 9.78 Å². The highest BCUT2D eigenvalue weighted by atomic mass is 16.5. The molecule has 3 rings (SSSR count). The molecule has 1 N–H and O–H groups in total. The third kappa shape index (κ3) is 1.97. The Morgan fingerprint density at radius 3 is 2.81 bits per heavy atom. The maximum absolute atomic E-state index is 11.5. The standard InChI is InChI=1S/C14H14N4O3/c1-4-18-8(3)10(6-15-18)12-11-9(14(19)20)5-7(2)16-13(11)21-17-12/h5-6H,4H2,1-3H3,(H,19,20). The smallest absolute Gasteiger partial charge is 0.336 e. The predicted molar refractivity (Wildman–Crippen MR) is 75.1 cm³/mol. The number of aromatic carboxylic acids is 1. The molecule has 0 aliphatic heterocycles. The van der Waals surface area contributed by atoms with E-state index in [-0.39, 0.29) is 11.3 Å². The van der Waals surface area contributed by atoms with Gasteiger partial charge >= 0.3 is 5.97 Å². The van der Waals surface area contributed by atoms with Crippen molar-refractivity contribution in [3.8, 4) is 11.3 Å². The maximum atomic E-state index is 11.5. The van der Waals surface area contributed by atoms with Crippen LogP contribution in [0.2, 0.25) is 0 Å². The summed E-state index contributed by atoms with van der Waals surface area (Å²) in [5, 5.41) is 18.1. The Balaban J connectivity index is 2.33. The van der Waals surface area contributed by atoms with Crippen LogP contribution in [0.5, 0.6) is 0 Å². The van der Waals surface area contributed by atoms with E-state index >= 15 is 0 Å². The zero-order valence-electron chi connectivity index (χ0n) is 11.9. The van der Waals surface area contributed by atoms with Crippen LogP contribution in [-0.2, 0) is 6.54 Å². The number of fused-ring (bicyclic) bond motifs is 1. The number of rotatable bonds is 3. The lowest BCUT2D eigenvalue weighted by atomic mass is 10.1. The summed E-state index contributed by atoms with van der Waals surface area (Å²) in [5.74, 6) is -1.03. The Morgan fingerprint density at radius 2 is 2.19 bits per heavy atom. The van der Waals surface area contributed by atoms with Crippen LogP contribution >= 0.6 is 0 Å². The number of aryl methyl sites for hydroxylation is 2. The number of hydrogen-bond acceptors (Lipinski definition) is 5. The third-order valence-electron chi connectivity index (χ3n) is 3.46. The molecule has 0 radical (unpaired) electrons. The van der Waals surface area contributed by atoms with E-state index in [4.69, 9.17) is 4.52 Å². The summed E-state index contributed by atoms with van der Waals surface area (Å²) in [7, 11) is 0. The summed E-state index contributed by atoms with van der Waals surface area (Å²) < 4.78 is 7.03. The molecule has 3 aromatic heterocycles. The van der Waals surface area contributed by atoms with Crippen molar-refractivity contribution in [2.45, 2.75) is 27.3 Å². The van der Waals surface area contributed by atoms with Gasteiger partial charge in [-0.3, -0.25) is 4.68 Å². The summed E-state index contributed by atoms with van der Waals surface area (Å²) in [6, 6.07) is 1.52. The fourth-order valence-electron chi connectivity index (χ4n) is 2.42. The van der Waals surface area contributed by atoms with Crippen molar-refractivity contribution in [3.63, 3.8) is 0 Å². The van der Waals surface area contributed by atoms with Crippen molar-refractivity contribution < 1.29 is 14.4 Å². The largest absolute Gasteiger partial charge is 0.478 e. The molecule has 0 atom stereocenters. The minimum atomic E-state index is -1.03. The van der Waals surface area contributed by atoms with E-state index in [1.54, 1.807) is 13.1 Å². The first-order valence-electron chi connectivity index (χ1n) is 6.56. The monoisotopic (exact) mass is 286 g/mol. The summed E-state index contributed by atoms with van der Waals surface area (Å²) in [6.45, 7) is 6.34. The van der Waals surface area contributed by atoms with Gasteiger partial charge in [0.2, 0.25) is 0 Å². The molecule has 3 aromatic rings. The van der Waals surface area contributed by atoms with E-state index in [1.165, 1.54) is 6.07 Å². The molecule has 0 aromatic carbocycles. The van der Waals surface area contributed by atoms with Crippen molar-refractivity contribution in [2.24, 2.45) is 0 Å². The van der Waals surface area contributed by atoms with Crippen LogP contribution < -0.4 is 0 Å². The van der Waals surface area contributed by atoms with Gasteiger partial charge in [-0.15, -0.1) is 0 Å². The molecule has 0 spiro atoms. The molecular weight excluding hydrogens is 272 g/mol. The van der Waals surface area contributed by atoms with E-state index in [1.807, 2.05) is 18.5 Å². The van der Waals surface area contributed by atoms with Crippen molar-refractivity contribution >= 4 is 17.1 Å². The Bertz CT molecular complexity index is 847. The molecule has 0 saturated heterocycles. The first-order valence-corrected chi connectivity index (χ1v) is 6.56. The summed E-state index contributed by atoms with van der Waals surface area (Å²) >= 11 is 0. The van der Waals surface area contributed by atoms with Crippen molar-refractivity contribution in [1.29, 1.82) is 0 Å². The van der Waals surface area contributed by atoms with E-state index in [0.29, 0.717) is 16.8 Å². The second-order valence-corrected chi connectivity index (χ2v) is 4.79. The fourth-order valence-corrected chi connectivity index (χ4v) is 2.42. The highest BCUT2D eigenvalue weighted by Gasteiger charge is 2.22. The minimum Gasteiger partial charge on any atom is -0.478 e. The molecule has 0 unspecified atom stereocenters. The first kappa shape index (κ1) is 13.3. The normalized spacial score (nSPS) is 11.2. The van der Waals surface area contributed by atoms with Gasteiger partial charge in [-0.2, -0.15) is 5.10 Å². The van der Waals surface area contributed by atoms with Gasteiger partial charge in [0.1, 0.15) is 5.69 Å². The zero-order valence-corrected chi connectivity index (χ0v) is 11.9. The molecule has 0 fully saturated rings. The molecular formula is C14H14N4O3. The van der Waals surface area contributed by atoms with Gasteiger partial charge in [0.15, 0.2) is 0 Å². The highest BCUT2D eigenvalue weighted by Crippen LogP contribution is 2.32. The van der Waals surface area contributed by atoms with Crippen LogP contribution in [-0.4, -0.2) is 31.0 Å². The number of pyridine rings is 1. The molecule has 3 heterocycles. The molecule has 0 aliphatic rings. The number of carbonyl (C=O) groups is 1. The van der Waals surface area contributed by atoms with E-state index < -0.39 is 5.97 Å². The molecule has 0 amide bonds. The van der Waals surface area contributed by atoms with Crippen LogP contribution in [0.15, 0.2) is 16.8 Å². The number of hydrogen-bond donors (Lipinski definition) is 1. The van der Waals surface area contributed by atoms with Crippen molar-refractivity contribution in [3.05, 3.63) is 29.2 Å². The lowest BCUT2D eigenvalue weighted by Gasteiger charge is -2.02. The quantitative estimate of drug-likeness (QED) is 0.794. The van der Waals surface area contributed by atoms with Crippen LogP contribution in [0.4, 0.5) is 0 Å². The molecule has 7 heteroatoms. The Morgan fingerprint density at radius 1 is 1.43 bits per heavy atom. The molecule has 7 nitrogen and oxygen atoms in total. The SMILES string of the molecule is CCn1ncc(-c2noc3nc(C)cc(C(=O)O)c23)c1C. The lowest BCUT2D eigenvalue weighted by Crippen LogP contribution is -2.00. The van der Waals surface area contributed by atoms with Crippen LogP contribution in [0.3, 0.4) is 0 Å². The van der Waals surface area contributed by atoms with Crippen molar-refractivity contribution in [1.82, 2.24) is 19.9 Å². The van der Waals surface area contributed by atoms with E-state index in [0.717, 1.165) is 17.8 Å². The Labute approximate surface area is 120 Å². The zero-order chi connectivity index (χ0) is 15.1. The second kappa shape index (κ2) is 4.69. The van der Waals surface area contributed by atoms with Gasteiger partial charge in [0, 0.05) is 23.5 Å². The van der Waals surface area contributed by atoms with Gasteiger partial charge in [0.05, 0.1) is 17.1 Å². The lowest BCUT2D eigenvalue weighted by molar-refractivity contribution is 0.0699. The predicted octanol–water partition coefficient (Wildman–Crippen LogP) is 2.42. The van der Waals surface area contributed by atoms with E-state index in [9.17, 15) is 9.90 Å². The average Bonchev–Trinajstić information content (AvgIpc) is 3.00. The number of carboxylic acids is 1. The van der Waals surface area contributed by atoms with Gasteiger partial charge in [-0.05, 0) is 26.8 Å². The number of carboxylic acid groups (broad SMARTS) is 1. The molecule has 0 aliphatic carbocycles. The van der Waals surface area contributed by atoms with Gasteiger partial charge < -0.3 is 9.63 Å². The van der Waals surface area contributed by atoms with Gasteiger partial charge in [0.25, 0.3) is 5.71 Å². The molecule has 0 saturated carbocycles. The molecule has 0 bridgehead atoms. The van der Waals surface area contributed by atoms with E-state index in [2.05, 4.69) is 15.2 Å². The summed E-state index contributed by atoms with van der Waals surface area (Å²) in [6.07, 6.45) is 1.67. The average molecular weight is 286 g/mol. The molecule has 21 heavy (non-hydrogen) atoms. The van der Waals surface area contributed by atoms with Crippen LogP contribution in [0, 0.1) is 13.8 Å². The number of nitrogens with zero attached hydrogens (tertiary/aromatic N) is 4. The van der Waals surface area contributed by atoms with Crippen LogP contribution in [0.25, 0.3) is 22.4 Å². The Kier molecular flexibility index (Phi) is 2.97. The highest BCUT2D eigenvalue weighted by molar-refractivity contribution is 6.06. The van der Waals surface area contributed by atoms with Gasteiger partial charge in [-0.1, -0.05) is 5.16 Å². The topological polar surface area (TPSA) is 94.0 Å².